The summed E-state index contributed by atoms with van der Waals surface area (Å²) in [5, 5.41) is 0. The Kier molecular flexibility index (Phi) is 4.86. The lowest BCUT2D eigenvalue weighted by Gasteiger charge is -1.98. The lowest BCUT2D eigenvalue weighted by atomic mass is 10.2. The number of benzene rings is 1. The van der Waals surface area contributed by atoms with E-state index < -0.39 is 0 Å². The van der Waals surface area contributed by atoms with E-state index in [9.17, 15) is 0 Å². The third-order valence-electron chi connectivity index (χ3n) is 1.47. The minimum atomic E-state index is 0. The number of rotatable bonds is 2. The molecular formula is C11H16O. The van der Waals surface area contributed by atoms with Gasteiger partial charge in [0.25, 0.3) is 0 Å². The second-order valence-corrected chi connectivity index (χ2v) is 2.27. The zero-order valence-electron chi connectivity index (χ0n) is 6.87. The summed E-state index contributed by atoms with van der Waals surface area (Å²) in [7, 11) is 1.67. The Morgan fingerprint density at radius 1 is 1.17 bits per heavy atom. The topological polar surface area (TPSA) is 9.23 Å². The van der Waals surface area contributed by atoms with Crippen molar-refractivity contribution in [3.63, 3.8) is 0 Å². The molecule has 0 aliphatic rings. The molecule has 0 unspecified atom stereocenters. The SMILES string of the molecule is C.C/C=C/c1ccc(OC)cc1. The van der Waals surface area contributed by atoms with Crippen molar-refractivity contribution in [2.24, 2.45) is 0 Å². The average Bonchev–Trinajstić information content (AvgIpc) is 2.07. The summed E-state index contributed by atoms with van der Waals surface area (Å²) in [6.07, 6.45) is 4.07. The summed E-state index contributed by atoms with van der Waals surface area (Å²) >= 11 is 0. The van der Waals surface area contributed by atoms with Crippen LogP contribution in [-0.2, 0) is 0 Å². The van der Waals surface area contributed by atoms with E-state index in [0.29, 0.717) is 0 Å². The quantitative estimate of drug-likeness (QED) is 0.651. The van der Waals surface area contributed by atoms with Crippen LogP contribution in [0.2, 0.25) is 0 Å². The van der Waals surface area contributed by atoms with Gasteiger partial charge in [0, 0.05) is 0 Å². The average molecular weight is 164 g/mol. The summed E-state index contributed by atoms with van der Waals surface area (Å²) in [6, 6.07) is 7.96. The highest BCUT2D eigenvalue weighted by Crippen LogP contribution is 2.11. The number of allylic oxidation sites excluding steroid dienone is 1. The van der Waals surface area contributed by atoms with Crippen LogP contribution in [0.4, 0.5) is 0 Å². The predicted molar refractivity (Wildman–Crippen MR) is 54.4 cm³/mol. The molecule has 0 heterocycles. The van der Waals surface area contributed by atoms with Gasteiger partial charge in [-0.15, -0.1) is 0 Å². The van der Waals surface area contributed by atoms with E-state index in [1.54, 1.807) is 7.11 Å². The van der Waals surface area contributed by atoms with Crippen LogP contribution in [0.5, 0.6) is 5.75 Å². The van der Waals surface area contributed by atoms with E-state index in [-0.39, 0.29) is 7.43 Å². The van der Waals surface area contributed by atoms with E-state index in [0.717, 1.165) is 5.75 Å². The van der Waals surface area contributed by atoms with Gasteiger partial charge in [-0.05, 0) is 24.6 Å². The number of hydrogen-bond acceptors (Lipinski definition) is 1. The first-order valence-electron chi connectivity index (χ1n) is 3.63. The maximum absolute atomic E-state index is 5.02. The molecule has 1 nitrogen and oxygen atoms in total. The Morgan fingerprint density at radius 2 is 1.75 bits per heavy atom. The molecule has 12 heavy (non-hydrogen) atoms. The molecule has 0 radical (unpaired) electrons. The summed E-state index contributed by atoms with van der Waals surface area (Å²) in [5.74, 6) is 0.901. The van der Waals surface area contributed by atoms with Crippen LogP contribution < -0.4 is 4.74 Å². The fraction of sp³-hybridized carbons (Fsp3) is 0.273. The minimum Gasteiger partial charge on any atom is -0.497 e. The van der Waals surface area contributed by atoms with Crippen LogP contribution in [-0.4, -0.2) is 7.11 Å². The molecule has 0 aliphatic carbocycles. The smallest absolute Gasteiger partial charge is 0.118 e. The predicted octanol–water partition coefficient (Wildman–Crippen LogP) is 3.36. The molecule has 66 valence electrons. The van der Waals surface area contributed by atoms with E-state index in [4.69, 9.17) is 4.74 Å². The van der Waals surface area contributed by atoms with Crippen molar-refractivity contribution in [2.45, 2.75) is 14.4 Å². The van der Waals surface area contributed by atoms with Gasteiger partial charge in [0.2, 0.25) is 0 Å². The van der Waals surface area contributed by atoms with Crippen molar-refractivity contribution in [1.82, 2.24) is 0 Å². The highest BCUT2D eigenvalue weighted by atomic mass is 16.5. The molecule has 0 bridgehead atoms. The van der Waals surface area contributed by atoms with Crippen LogP contribution >= 0.6 is 0 Å². The summed E-state index contributed by atoms with van der Waals surface area (Å²) < 4.78 is 5.02. The Balaban J connectivity index is 0.00000121. The van der Waals surface area contributed by atoms with Crippen molar-refractivity contribution in [1.29, 1.82) is 0 Å². The van der Waals surface area contributed by atoms with Crippen molar-refractivity contribution in [3.8, 4) is 5.75 Å². The fourth-order valence-electron chi connectivity index (χ4n) is 0.907. The highest BCUT2D eigenvalue weighted by molar-refractivity contribution is 5.50. The molecule has 0 aromatic heterocycles. The fourth-order valence-corrected chi connectivity index (χ4v) is 0.907. The van der Waals surface area contributed by atoms with Gasteiger partial charge < -0.3 is 4.74 Å². The largest absolute Gasteiger partial charge is 0.497 e. The maximum Gasteiger partial charge on any atom is 0.118 e. The van der Waals surface area contributed by atoms with Crippen molar-refractivity contribution in [3.05, 3.63) is 35.9 Å². The van der Waals surface area contributed by atoms with E-state index in [2.05, 4.69) is 6.08 Å². The zero-order chi connectivity index (χ0) is 8.10. The van der Waals surface area contributed by atoms with Crippen LogP contribution in [0.15, 0.2) is 30.3 Å². The molecule has 1 aromatic carbocycles. The monoisotopic (exact) mass is 164 g/mol. The van der Waals surface area contributed by atoms with Gasteiger partial charge in [-0.2, -0.15) is 0 Å². The van der Waals surface area contributed by atoms with Crippen molar-refractivity contribution < 1.29 is 4.74 Å². The Morgan fingerprint density at radius 3 is 2.17 bits per heavy atom. The maximum atomic E-state index is 5.02. The molecule has 1 rings (SSSR count). The first-order chi connectivity index (χ1) is 5.36. The van der Waals surface area contributed by atoms with Crippen LogP contribution in [0.3, 0.4) is 0 Å². The summed E-state index contributed by atoms with van der Waals surface area (Å²) in [4.78, 5) is 0. The second kappa shape index (κ2) is 5.42. The zero-order valence-corrected chi connectivity index (χ0v) is 6.87. The summed E-state index contributed by atoms with van der Waals surface area (Å²) in [6.45, 7) is 2.00. The van der Waals surface area contributed by atoms with E-state index in [1.807, 2.05) is 37.3 Å². The van der Waals surface area contributed by atoms with Crippen LogP contribution in [0, 0.1) is 0 Å². The molecule has 0 saturated heterocycles. The van der Waals surface area contributed by atoms with Crippen molar-refractivity contribution >= 4 is 6.08 Å². The van der Waals surface area contributed by atoms with Gasteiger partial charge in [0.15, 0.2) is 0 Å². The Bertz CT molecular complexity index is 234. The van der Waals surface area contributed by atoms with Gasteiger partial charge in [0.1, 0.15) is 5.75 Å². The molecule has 0 atom stereocenters. The van der Waals surface area contributed by atoms with Gasteiger partial charge in [-0.25, -0.2) is 0 Å². The highest BCUT2D eigenvalue weighted by Gasteiger charge is 1.87. The number of methoxy groups -OCH3 is 1. The molecule has 0 amide bonds. The molecule has 0 N–H and O–H groups in total. The molecule has 0 saturated carbocycles. The van der Waals surface area contributed by atoms with Gasteiger partial charge in [0.05, 0.1) is 7.11 Å². The summed E-state index contributed by atoms with van der Waals surface area (Å²) in [5.41, 5.74) is 1.20. The standard InChI is InChI=1S/C10H12O.CH4/c1-3-4-9-5-7-10(11-2)8-6-9;/h3-8H,1-2H3;1H4/b4-3+;. The minimum absolute atomic E-state index is 0. The lowest BCUT2D eigenvalue weighted by Crippen LogP contribution is -1.80. The molecule has 0 fully saturated rings. The first-order valence-corrected chi connectivity index (χ1v) is 3.63. The second-order valence-electron chi connectivity index (χ2n) is 2.27. The van der Waals surface area contributed by atoms with Crippen LogP contribution in [0.25, 0.3) is 6.08 Å². The van der Waals surface area contributed by atoms with Crippen molar-refractivity contribution in [2.75, 3.05) is 7.11 Å². The van der Waals surface area contributed by atoms with E-state index in [1.165, 1.54) is 5.56 Å². The van der Waals surface area contributed by atoms with Gasteiger partial charge in [-0.1, -0.05) is 31.7 Å². The number of hydrogen-bond donors (Lipinski definition) is 0. The normalized spacial score (nSPS) is 9.50. The molecule has 1 aromatic rings. The number of ether oxygens (including phenoxy) is 1. The Hall–Kier alpha value is -1.24. The molecular weight excluding hydrogens is 148 g/mol. The first kappa shape index (κ1) is 10.8. The van der Waals surface area contributed by atoms with Gasteiger partial charge in [-0.3, -0.25) is 0 Å². The third kappa shape index (κ3) is 2.79. The Labute approximate surface area is 74.7 Å². The molecule has 1 heteroatoms. The molecule has 0 spiro atoms. The lowest BCUT2D eigenvalue weighted by molar-refractivity contribution is 0.415. The molecule has 0 aliphatic heterocycles. The van der Waals surface area contributed by atoms with Crippen LogP contribution in [0.1, 0.15) is 19.9 Å². The van der Waals surface area contributed by atoms with Gasteiger partial charge >= 0.3 is 0 Å². The van der Waals surface area contributed by atoms with E-state index >= 15 is 0 Å². The third-order valence-corrected chi connectivity index (χ3v) is 1.47.